The van der Waals surface area contributed by atoms with Gasteiger partial charge in [0.1, 0.15) is 11.6 Å². The Balaban J connectivity index is 0.00000225. The molecule has 5 nitrogen and oxygen atoms in total. The van der Waals surface area contributed by atoms with Crippen LogP contribution in [-0.4, -0.2) is 31.7 Å². The fourth-order valence-electron chi connectivity index (χ4n) is 2.49. The molecule has 134 valence electrons. The van der Waals surface area contributed by atoms with E-state index in [1.807, 2.05) is 0 Å². The predicted molar refractivity (Wildman–Crippen MR) is 96.0 cm³/mol. The van der Waals surface area contributed by atoms with Gasteiger partial charge in [-0.2, -0.15) is 0 Å². The van der Waals surface area contributed by atoms with Crippen LogP contribution >= 0.6 is 12.4 Å². The maximum Gasteiger partial charge on any atom is 0.226 e. The molecule has 2 N–H and O–H groups in total. The molecule has 0 bridgehead atoms. The Morgan fingerprint density at radius 3 is 2.88 bits per heavy atom. The van der Waals surface area contributed by atoms with Crippen molar-refractivity contribution in [3.05, 3.63) is 54.3 Å². The fourth-order valence-corrected chi connectivity index (χ4v) is 2.49. The molecule has 1 unspecified atom stereocenters. The summed E-state index contributed by atoms with van der Waals surface area (Å²) in [5.41, 5.74) is 0.545. The number of rotatable bonds is 5. The van der Waals surface area contributed by atoms with Gasteiger partial charge in [0.05, 0.1) is 18.9 Å². The third-order valence-electron chi connectivity index (χ3n) is 3.62. The van der Waals surface area contributed by atoms with Crippen LogP contribution in [0.4, 0.5) is 10.1 Å². The third-order valence-corrected chi connectivity index (χ3v) is 3.62. The smallest absolute Gasteiger partial charge is 0.226 e. The first-order chi connectivity index (χ1) is 11.7. The Morgan fingerprint density at radius 1 is 1.28 bits per heavy atom. The summed E-state index contributed by atoms with van der Waals surface area (Å²) >= 11 is 0. The van der Waals surface area contributed by atoms with E-state index in [1.54, 1.807) is 36.4 Å². The van der Waals surface area contributed by atoms with Crippen molar-refractivity contribution in [2.75, 3.05) is 25.1 Å². The molecule has 0 aliphatic carbocycles. The fraction of sp³-hybridized carbons (Fsp3) is 0.278. The van der Waals surface area contributed by atoms with Gasteiger partial charge < -0.3 is 20.1 Å². The van der Waals surface area contributed by atoms with Crippen molar-refractivity contribution in [2.45, 2.75) is 12.5 Å². The van der Waals surface area contributed by atoms with Gasteiger partial charge in [-0.3, -0.25) is 4.79 Å². The lowest BCUT2D eigenvalue weighted by Crippen LogP contribution is -2.43. The SMILES string of the molecule is Cl.O=C(CC1COCCN1)Nc1ccccc1Oc1cccc(F)c1. The van der Waals surface area contributed by atoms with Crippen molar-refractivity contribution in [2.24, 2.45) is 0 Å². The highest BCUT2D eigenvalue weighted by Gasteiger charge is 2.17. The molecule has 0 radical (unpaired) electrons. The van der Waals surface area contributed by atoms with Crippen LogP contribution in [0.3, 0.4) is 0 Å². The monoisotopic (exact) mass is 366 g/mol. The number of hydrogen-bond acceptors (Lipinski definition) is 4. The highest BCUT2D eigenvalue weighted by molar-refractivity contribution is 5.92. The molecule has 1 amide bonds. The first kappa shape index (κ1) is 19.2. The molecule has 3 rings (SSSR count). The van der Waals surface area contributed by atoms with Gasteiger partial charge in [0, 0.05) is 25.1 Å². The molecule has 7 heteroatoms. The van der Waals surface area contributed by atoms with Crippen LogP contribution in [0.5, 0.6) is 11.5 Å². The van der Waals surface area contributed by atoms with Crippen molar-refractivity contribution in [3.63, 3.8) is 0 Å². The molecule has 25 heavy (non-hydrogen) atoms. The lowest BCUT2D eigenvalue weighted by atomic mass is 10.2. The minimum Gasteiger partial charge on any atom is -0.455 e. The number of ether oxygens (including phenoxy) is 2. The number of amides is 1. The first-order valence-electron chi connectivity index (χ1n) is 7.84. The maximum absolute atomic E-state index is 13.3. The van der Waals surface area contributed by atoms with Crippen molar-refractivity contribution >= 4 is 24.0 Å². The van der Waals surface area contributed by atoms with Gasteiger partial charge in [0.2, 0.25) is 5.91 Å². The second-order valence-electron chi connectivity index (χ2n) is 5.53. The first-order valence-corrected chi connectivity index (χ1v) is 7.84. The van der Waals surface area contributed by atoms with Crippen molar-refractivity contribution in [1.82, 2.24) is 5.32 Å². The van der Waals surface area contributed by atoms with Crippen molar-refractivity contribution in [1.29, 1.82) is 0 Å². The summed E-state index contributed by atoms with van der Waals surface area (Å²) in [5.74, 6) is 0.328. The van der Waals surface area contributed by atoms with Crippen LogP contribution in [0.2, 0.25) is 0 Å². The number of nitrogens with one attached hydrogen (secondary N) is 2. The van der Waals surface area contributed by atoms with E-state index in [4.69, 9.17) is 9.47 Å². The van der Waals surface area contributed by atoms with Gasteiger partial charge in [-0.15, -0.1) is 12.4 Å². The molecule has 1 aliphatic heterocycles. The second-order valence-corrected chi connectivity index (χ2v) is 5.53. The molecule has 2 aromatic rings. The van der Waals surface area contributed by atoms with E-state index in [-0.39, 0.29) is 30.2 Å². The van der Waals surface area contributed by atoms with Gasteiger partial charge in [-0.25, -0.2) is 4.39 Å². The number of para-hydroxylation sites is 2. The Hall–Kier alpha value is -2.15. The van der Waals surface area contributed by atoms with Gasteiger partial charge >= 0.3 is 0 Å². The molecular weight excluding hydrogens is 347 g/mol. The zero-order valence-corrected chi connectivity index (χ0v) is 14.4. The Morgan fingerprint density at radius 2 is 2.12 bits per heavy atom. The molecule has 1 saturated heterocycles. The molecule has 1 fully saturated rings. The molecule has 2 aromatic carbocycles. The van der Waals surface area contributed by atoms with E-state index in [0.717, 1.165) is 6.54 Å². The van der Waals surface area contributed by atoms with E-state index in [1.165, 1.54) is 12.1 Å². The quantitative estimate of drug-likeness (QED) is 0.852. The third kappa shape index (κ3) is 5.70. The number of carbonyl (C=O) groups is 1. The van der Waals surface area contributed by atoms with E-state index in [9.17, 15) is 9.18 Å². The average molecular weight is 367 g/mol. The lowest BCUT2D eigenvalue weighted by Gasteiger charge is -2.23. The number of halogens is 2. The number of benzene rings is 2. The summed E-state index contributed by atoms with van der Waals surface area (Å²) in [6, 6.07) is 12.9. The zero-order valence-electron chi connectivity index (χ0n) is 13.5. The van der Waals surface area contributed by atoms with E-state index < -0.39 is 0 Å². The van der Waals surface area contributed by atoms with Crippen LogP contribution in [0.15, 0.2) is 48.5 Å². The molecular formula is C18H20ClFN2O3. The second kappa shape index (κ2) is 9.36. The highest BCUT2D eigenvalue weighted by atomic mass is 35.5. The Bertz CT molecular complexity index is 708. The molecule has 1 aliphatic rings. The summed E-state index contributed by atoms with van der Waals surface area (Å²) in [6.45, 7) is 1.94. The standard InChI is InChI=1S/C18H19FN2O3.ClH/c19-13-4-3-5-15(10-13)24-17-7-2-1-6-16(17)21-18(22)11-14-12-23-9-8-20-14;/h1-7,10,14,20H,8-9,11-12H2,(H,21,22);1H. The number of carbonyl (C=O) groups excluding carboxylic acids is 1. The van der Waals surface area contributed by atoms with Gasteiger partial charge in [0.25, 0.3) is 0 Å². The van der Waals surface area contributed by atoms with Crippen molar-refractivity contribution < 1.29 is 18.7 Å². The van der Waals surface area contributed by atoms with E-state index in [0.29, 0.717) is 36.8 Å². The highest BCUT2D eigenvalue weighted by Crippen LogP contribution is 2.29. The van der Waals surface area contributed by atoms with E-state index >= 15 is 0 Å². The van der Waals surface area contributed by atoms with Crippen LogP contribution in [0.25, 0.3) is 0 Å². The molecule has 0 spiro atoms. The van der Waals surface area contributed by atoms with Crippen LogP contribution in [0, 0.1) is 5.82 Å². The number of morpholine rings is 1. The van der Waals surface area contributed by atoms with Gasteiger partial charge in [-0.1, -0.05) is 18.2 Å². The predicted octanol–water partition coefficient (Wildman–Crippen LogP) is 3.36. The van der Waals surface area contributed by atoms with Gasteiger partial charge in [0.15, 0.2) is 5.75 Å². The normalized spacial score (nSPS) is 16.6. The summed E-state index contributed by atoms with van der Waals surface area (Å²) in [6.07, 6.45) is 0.314. The van der Waals surface area contributed by atoms with Crippen LogP contribution in [-0.2, 0) is 9.53 Å². The largest absolute Gasteiger partial charge is 0.455 e. The van der Waals surface area contributed by atoms with Gasteiger partial charge in [-0.05, 0) is 24.3 Å². The number of anilines is 1. The Kier molecular flexibility index (Phi) is 7.18. The lowest BCUT2D eigenvalue weighted by molar-refractivity contribution is -0.117. The number of hydrogen-bond donors (Lipinski definition) is 2. The summed E-state index contributed by atoms with van der Waals surface area (Å²) in [4.78, 5) is 12.2. The zero-order chi connectivity index (χ0) is 16.8. The average Bonchev–Trinajstić information content (AvgIpc) is 2.57. The summed E-state index contributed by atoms with van der Waals surface area (Å²) in [7, 11) is 0. The molecule has 0 aromatic heterocycles. The topological polar surface area (TPSA) is 59.6 Å². The Labute approximate surface area is 151 Å². The molecule has 1 atom stereocenters. The van der Waals surface area contributed by atoms with Crippen LogP contribution < -0.4 is 15.4 Å². The minimum absolute atomic E-state index is 0. The van der Waals surface area contributed by atoms with Crippen molar-refractivity contribution in [3.8, 4) is 11.5 Å². The van der Waals surface area contributed by atoms with E-state index in [2.05, 4.69) is 10.6 Å². The summed E-state index contributed by atoms with van der Waals surface area (Å²) in [5, 5.41) is 6.08. The molecule has 0 saturated carbocycles. The summed E-state index contributed by atoms with van der Waals surface area (Å²) < 4.78 is 24.3. The van der Waals surface area contributed by atoms with Crippen LogP contribution in [0.1, 0.15) is 6.42 Å². The maximum atomic E-state index is 13.3. The minimum atomic E-state index is -0.377. The molecule has 1 heterocycles.